The van der Waals surface area contributed by atoms with Crippen molar-refractivity contribution in [2.45, 2.75) is 4.90 Å². The molecule has 0 saturated carbocycles. The summed E-state index contributed by atoms with van der Waals surface area (Å²) in [6.45, 7) is 0.628. The van der Waals surface area contributed by atoms with Gasteiger partial charge in [0.15, 0.2) is 0 Å². The fourth-order valence-corrected chi connectivity index (χ4v) is 3.87. The summed E-state index contributed by atoms with van der Waals surface area (Å²) in [5, 5.41) is 3.09. The van der Waals surface area contributed by atoms with Crippen molar-refractivity contribution >= 4 is 38.9 Å². The van der Waals surface area contributed by atoms with E-state index in [0.29, 0.717) is 23.0 Å². The van der Waals surface area contributed by atoms with Crippen LogP contribution in [0.1, 0.15) is 10.4 Å². The van der Waals surface area contributed by atoms with Gasteiger partial charge in [-0.3, -0.25) is 9.52 Å². The van der Waals surface area contributed by atoms with Gasteiger partial charge in [-0.05, 0) is 48.5 Å². The Hall–Kier alpha value is -3.14. The van der Waals surface area contributed by atoms with Gasteiger partial charge in [0.05, 0.1) is 17.2 Å². The number of anilines is 2. The van der Waals surface area contributed by atoms with Crippen molar-refractivity contribution in [3.8, 4) is 5.88 Å². The number of hydrogen-bond donors (Lipinski definition) is 2. The van der Waals surface area contributed by atoms with Gasteiger partial charge < -0.3 is 14.8 Å². The molecule has 2 aromatic carbocycles. The SMILES string of the molecule is COCCOc1ncccc1NC(=O)c1cccc(S(=O)(=O)Nc2cccc(Cl)c2)c1. The van der Waals surface area contributed by atoms with E-state index in [1.54, 1.807) is 37.4 Å². The molecule has 0 atom stereocenters. The molecule has 0 radical (unpaired) electrons. The molecule has 8 nitrogen and oxygen atoms in total. The zero-order valence-corrected chi connectivity index (χ0v) is 18.1. The summed E-state index contributed by atoms with van der Waals surface area (Å²) in [7, 11) is -2.37. The fourth-order valence-electron chi connectivity index (χ4n) is 2.59. The number of benzene rings is 2. The number of amides is 1. The van der Waals surface area contributed by atoms with Crippen molar-refractivity contribution in [1.29, 1.82) is 0 Å². The van der Waals surface area contributed by atoms with Crippen LogP contribution in [0.25, 0.3) is 0 Å². The molecule has 0 aliphatic heterocycles. The van der Waals surface area contributed by atoms with Crippen molar-refractivity contribution in [2.24, 2.45) is 0 Å². The average molecular weight is 462 g/mol. The van der Waals surface area contributed by atoms with Gasteiger partial charge in [-0.2, -0.15) is 0 Å². The first-order valence-corrected chi connectivity index (χ1v) is 11.0. The van der Waals surface area contributed by atoms with Crippen LogP contribution in [0.2, 0.25) is 5.02 Å². The number of carbonyl (C=O) groups is 1. The third-order valence-corrected chi connectivity index (χ3v) is 5.64. The molecule has 31 heavy (non-hydrogen) atoms. The van der Waals surface area contributed by atoms with Gasteiger partial charge in [-0.1, -0.05) is 23.7 Å². The Labute approximate surface area is 185 Å². The standard InChI is InChI=1S/C21H20ClN3O5S/c1-29-11-12-30-21-19(9-4-10-23-21)24-20(26)15-5-2-8-18(13-15)31(27,28)25-17-7-3-6-16(22)14-17/h2-10,13-14,25H,11-12H2,1H3,(H,24,26). The van der Waals surface area contributed by atoms with Gasteiger partial charge in [-0.15, -0.1) is 0 Å². The summed E-state index contributed by atoms with van der Waals surface area (Å²) in [5.41, 5.74) is 0.824. The second kappa shape index (κ2) is 10.3. The zero-order valence-electron chi connectivity index (χ0n) is 16.5. The maximum Gasteiger partial charge on any atom is 0.261 e. The second-order valence-electron chi connectivity index (χ2n) is 6.30. The van der Waals surface area contributed by atoms with Crippen LogP contribution in [0.15, 0.2) is 71.8 Å². The number of nitrogens with one attached hydrogen (secondary N) is 2. The Kier molecular flexibility index (Phi) is 7.45. The molecule has 1 aromatic heterocycles. The lowest BCUT2D eigenvalue weighted by atomic mass is 10.2. The molecule has 0 saturated heterocycles. The van der Waals surface area contributed by atoms with Crippen LogP contribution >= 0.6 is 11.6 Å². The molecule has 2 N–H and O–H groups in total. The Bertz CT molecular complexity index is 1170. The number of hydrogen-bond acceptors (Lipinski definition) is 6. The predicted octanol–water partition coefficient (Wildman–Crippen LogP) is 3.81. The summed E-state index contributed by atoms with van der Waals surface area (Å²) < 4.78 is 38.3. The number of aromatic nitrogens is 1. The van der Waals surface area contributed by atoms with E-state index in [9.17, 15) is 13.2 Å². The predicted molar refractivity (Wildman–Crippen MR) is 118 cm³/mol. The van der Waals surface area contributed by atoms with Crippen LogP contribution in [0.4, 0.5) is 11.4 Å². The van der Waals surface area contributed by atoms with Gasteiger partial charge in [0.25, 0.3) is 15.9 Å². The maximum atomic E-state index is 12.7. The number of sulfonamides is 1. The van der Waals surface area contributed by atoms with Crippen LogP contribution in [-0.4, -0.2) is 39.6 Å². The first-order valence-electron chi connectivity index (χ1n) is 9.15. The molecule has 0 unspecified atom stereocenters. The molecule has 3 aromatic rings. The average Bonchev–Trinajstić information content (AvgIpc) is 2.75. The minimum atomic E-state index is -3.92. The molecule has 0 bridgehead atoms. The second-order valence-corrected chi connectivity index (χ2v) is 8.41. The fraction of sp³-hybridized carbons (Fsp3) is 0.143. The lowest BCUT2D eigenvalue weighted by Gasteiger charge is -2.12. The highest BCUT2D eigenvalue weighted by Gasteiger charge is 2.18. The van der Waals surface area contributed by atoms with Gasteiger partial charge in [-0.25, -0.2) is 13.4 Å². The van der Waals surface area contributed by atoms with E-state index in [-0.39, 0.29) is 22.9 Å². The number of nitrogens with zero attached hydrogens (tertiary/aromatic N) is 1. The zero-order chi connectivity index (χ0) is 22.3. The van der Waals surface area contributed by atoms with E-state index in [4.69, 9.17) is 21.1 Å². The molecular formula is C21H20ClN3O5S. The largest absolute Gasteiger partial charge is 0.474 e. The first kappa shape index (κ1) is 22.5. The minimum Gasteiger partial charge on any atom is -0.474 e. The summed E-state index contributed by atoms with van der Waals surface area (Å²) in [5.74, 6) is -0.274. The van der Waals surface area contributed by atoms with Crippen molar-refractivity contribution in [1.82, 2.24) is 4.98 Å². The molecule has 0 spiro atoms. The topological polar surface area (TPSA) is 107 Å². The van der Waals surface area contributed by atoms with E-state index in [0.717, 1.165) is 0 Å². The van der Waals surface area contributed by atoms with Gasteiger partial charge in [0.2, 0.25) is 5.88 Å². The highest BCUT2D eigenvalue weighted by molar-refractivity contribution is 7.92. The Morgan fingerprint density at radius 1 is 1.06 bits per heavy atom. The molecule has 3 rings (SSSR count). The Morgan fingerprint density at radius 3 is 2.65 bits per heavy atom. The van der Waals surface area contributed by atoms with Crippen LogP contribution in [0.3, 0.4) is 0 Å². The number of halogens is 1. The number of pyridine rings is 1. The van der Waals surface area contributed by atoms with Crippen LogP contribution in [-0.2, 0) is 14.8 Å². The number of ether oxygens (including phenoxy) is 2. The molecule has 10 heteroatoms. The maximum absolute atomic E-state index is 12.7. The lowest BCUT2D eigenvalue weighted by Crippen LogP contribution is -2.17. The monoisotopic (exact) mass is 461 g/mol. The highest BCUT2D eigenvalue weighted by atomic mass is 35.5. The molecule has 1 amide bonds. The smallest absolute Gasteiger partial charge is 0.261 e. The molecule has 0 aliphatic rings. The van der Waals surface area contributed by atoms with Crippen molar-refractivity contribution in [2.75, 3.05) is 30.4 Å². The number of methoxy groups -OCH3 is 1. The van der Waals surface area contributed by atoms with Crippen molar-refractivity contribution in [3.05, 3.63) is 77.4 Å². The van der Waals surface area contributed by atoms with Crippen LogP contribution < -0.4 is 14.8 Å². The van der Waals surface area contributed by atoms with Gasteiger partial charge in [0.1, 0.15) is 12.3 Å². The van der Waals surface area contributed by atoms with E-state index in [1.165, 1.54) is 36.5 Å². The quantitative estimate of drug-likeness (QED) is 0.469. The summed E-state index contributed by atoms with van der Waals surface area (Å²) in [6, 6.07) is 15.3. The minimum absolute atomic E-state index is 0.0668. The van der Waals surface area contributed by atoms with Crippen molar-refractivity contribution < 1.29 is 22.7 Å². The normalized spacial score (nSPS) is 11.0. The molecule has 0 fully saturated rings. The Morgan fingerprint density at radius 2 is 1.87 bits per heavy atom. The van der Waals surface area contributed by atoms with E-state index < -0.39 is 15.9 Å². The summed E-state index contributed by atoms with van der Waals surface area (Å²) in [4.78, 5) is 16.8. The van der Waals surface area contributed by atoms with Crippen molar-refractivity contribution in [3.63, 3.8) is 0 Å². The molecular weight excluding hydrogens is 442 g/mol. The first-order chi connectivity index (χ1) is 14.9. The van der Waals surface area contributed by atoms with E-state index in [1.807, 2.05) is 0 Å². The third-order valence-electron chi connectivity index (χ3n) is 4.03. The van der Waals surface area contributed by atoms with E-state index in [2.05, 4.69) is 15.0 Å². The molecule has 0 aliphatic carbocycles. The molecule has 1 heterocycles. The van der Waals surface area contributed by atoms with Gasteiger partial charge >= 0.3 is 0 Å². The Balaban J connectivity index is 1.78. The summed E-state index contributed by atoms with van der Waals surface area (Å²) in [6.07, 6.45) is 1.53. The third kappa shape index (κ3) is 6.17. The van der Waals surface area contributed by atoms with E-state index >= 15 is 0 Å². The summed E-state index contributed by atoms with van der Waals surface area (Å²) >= 11 is 5.91. The van der Waals surface area contributed by atoms with Crippen LogP contribution in [0, 0.1) is 0 Å². The molecule has 162 valence electrons. The van der Waals surface area contributed by atoms with Crippen LogP contribution in [0.5, 0.6) is 5.88 Å². The van der Waals surface area contributed by atoms with Gasteiger partial charge in [0, 0.05) is 23.9 Å². The number of rotatable bonds is 9. The lowest BCUT2D eigenvalue weighted by molar-refractivity contribution is 0.102. The highest BCUT2D eigenvalue weighted by Crippen LogP contribution is 2.23. The number of carbonyl (C=O) groups excluding carboxylic acids is 1.